The van der Waals surface area contributed by atoms with Gasteiger partial charge in [0.15, 0.2) is 0 Å². The van der Waals surface area contributed by atoms with Crippen molar-refractivity contribution < 1.29 is 4.74 Å². The maximum Gasteiger partial charge on any atom is 0.128 e. The summed E-state index contributed by atoms with van der Waals surface area (Å²) >= 11 is 9.92. The summed E-state index contributed by atoms with van der Waals surface area (Å²) in [4.78, 5) is 4.74. The maximum atomic E-state index is 6.36. The van der Waals surface area contributed by atoms with Crippen LogP contribution >= 0.6 is 27.5 Å². The lowest BCUT2D eigenvalue weighted by Gasteiger charge is -2.24. The number of alkyl halides is 1. The molecule has 1 aromatic carbocycles. The van der Waals surface area contributed by atoms with E-state index in [0.717, 1.165) is 34.2 Å². The highest BCUT2D eigenvalue weighted by atomic mass is 79.9. The van der Waals surface area contributed by atoms with E-state index in [1.807, 2.05) is 19.1 Å². The predicted octanol–water partition coefficient (Wildman–Crippen LogP) is 4.59. The molecular formula is C15H16BrClN2O. The molecule has 0 radical (unpaired) electrons. The summed E-state index contributed by atoms with van der Waals surface area (Å²) in [6.45, 7) is 1.99. The highest BCUT2D eigenvalue weighted by molar-refractivity contribution is 9.10. The zero-order chi connectivity index (χ0) is 13.9. The molecule has 4 rings (SSSR count). The number of aromatic nitrogens is 2. The van der Waals surface area contributed by atoms with Crippen molar-refractivity contribution >= 4 is 38.6 Å². The lowest BCUT2D eigenvalue weighted by Crippen LogP contribution is -2.22. The zero-order valence-electron chi connectivity index (χ0n) is 11.2. The van der Waals surface area contributed by atoms with E-state index in [0.29, 0.717) is 18.2 Å². The van der Waals surface area contributed by atoms with E-state index in [2.05, 4.69) is 26.6 Å². The topological polar surface area (TPSA) is 27.1 Å². The molecule has 2 aliphatic rings. The van der Waals surface area contributed by atoms with Gasteiger partial charge in [-0.3, -0.25) is 0 Å². The summed E-state index contributed by atoms with van der Waals surface area (Å²) in [6.07, 6.45) is 4.18. The van der Waals surface area contributed by atoms with E-state index < -0.39 is 0 Å². The summed E-state index contributed by atoms with van der Waals surface area (Å²) in [5.74, 6) is 0.959. The highest BCUT2D eigenvalue weighted by Gasteiger charge is 2.43. The van der Waals surface area contributed by atoms with Crippen molar-refractivity contribution in [3.05, 3.63) is 28.5 Å². The first-order valence-corrected chi connectivity index (χ1v) is 8.33. The Morgan fingerprint density at radius 2 is 2.30 bits per heavy atom. The molecule has 5 heteroatoms. The van der Waals surface area contributed by atoms with Crippen molar-refractivity contribution in [1.82, 2.24) is 9.55 Å². The fraction of sp³-hybridized carbons (Fsp3) is 0.533. The first kappa shape index (κ1) is 13.1. The molecule has 3 heterocycles. The van der Waals surface area contributed by atoms with Crippen molar-refractivity contribution in [2.75, 3.05) is 0 Å². The lowest BCUT2D eigenvalue weighted by molar-refractivity contribution is 0.0939. The Hall–Kier alpha value is -0.580. The highest BCUT2D eigenvalue weighted by Crippen LogP contribution is 2.44. The fourth-order valence-electron chi connectivity index (χ4n) is 3.60. The van der Waals surface area contributed by atoms with Gasteiger partial charge in [0.05, 0.1) is 34.7 Å². The standard InChI is InChI=1S/C15H16BrClN2O/c1-8(17)15-18-11-4-2-9(16)6-12(11)19(15)13-7-10-3-5-14(13)20-10/h2,4,6,8,10,13-14H,3,5,7H2,1H3. The molecule has 0 amide bonds. The van der Waals surface area contributed by atoms with Gasteiger partial charge in [0.2, 0.25) is 0 Å². The van der Waals surface area contributed by atoms with Gasteiger partial charge < -0.3 is 9.30 Å². The van der Waals surface area contributed by atoms with Crippen LogP contribution in [0, 0.1) is 0 Å². The average molecular weight is 356 g/mol. The third-order valence-electron chi connectivity index (χ3n) is 4.44. The number of imidazole rings is 1. The number of rotatable bonds is 2. The van der Waals surface area contributed by atoms with Gasteiger partial charge in [-0.05, 0) is 44.4 Å². The number of halogens is 2. The van der Waals surface area contributed by atoms with Gasteiger partial charge in [-0.25, -0.2) is 4.98 Å². The second-order valence-electron chi connectivity index (χ2n) is 5.77. The number of hydrogen-bond acceptors (Lipinski definition) is 2. The summed E-state index contributed by atoms with van der Waals surface area (Å²) in [7, 11) is 0. The van der Waals surface area contributed by atoms with Crippen molar-refractivity contribution in [1.29, 1.82) is 0 Å². The monoisotopic (exact) mass is 354 g/mol. The second kappa shape index (κ2) is 4.72. The normalized spacial score (nSPS) is 30.2. The van der Waals surface area contributed by atoms with Gasteiger partial charge in [-0.2, -0.15) is 0 Å². The van der Waals surface area contributed by atoms with Crippen LogP contribution in [0.3, 0.4) is 0 Å². The Balaban J connectivity index is 1.91. The van der Waals surface area contributed by atoms with Crippen molar-refractivity contribution in [2.24, 2.45) is 0 Å². The van der Waals surface area contributed by atoms with Gasteiger partial charge in [0.1, 0.15) is 5.82 Å². The second-order valence-corrected chi connectivity index (χ2v) is 7.34. The summed E-state index contributed by atoms with van der Waals surface area (Å²) in [5, 5.41) is -0.0969. The van der Waals surface area contributed by atoms with Gasteiger partial charge in [0.25, 0.3) is 0 Å². The molecule has 3 nitrogen and oxygen atoms in total. The Labute approximate surface area is 131 Å². The fourth-order valence-corrected chi connectivity index (χ4v) is 4.10. The van der Waals surface area contributed by atoms with Gasteiger partial charge >= 0.3 is 0 Å². The number of benzene rings is 1. The maximum absolute atomic E-state index is 6.36. The number of ether oxygens (including phenoxy) is 1. The molecular weight excluding hydrogens is 340 g/mol. The van der Waals surface area contributed by atoms with E-state index in [1.54, 1.807) is 0 Å². The van der Waals surface area contributed by atoms with Crippen LogP contribution in [-0.2, 0) is 4.74 Å². The van der Waals surface area contributed by atoms with Crippen LogP contribution in [0.15, 0.2) is 22.7 Å². The van der Waals surface area contributed by atoms with Gasteiger partial charge in [-0.15, -0.1) is 11.6 Å². The minimum Gasteiger partial charge on any atom is -0.373 e. The zero-order valence-corrected chi connectivity index (χ0v) is 13.6. The summed E-state index contributed by atoms with van der Waals surface area (Å²) in [6, 6.07) is 6.59. The smallest absolute Gasteiger partial charge is 0.128 e. The molecule has 0 aliphatic carbocycles. The summed E-state index contributed by atoms with van der Waals surface area (Å²) in [5.41, 5.74) is 2.17. The van der Waals surface area contributed by atoms with Crippen LogP contribution in [-0.4, -0.2) is 21.8 Å². The minimum absolute atomic E-state index is 0.0969. The third kappa shape index (κ3) is 1.92. The molecule has 2 bridgehead atoms. The van der Waals surface area contributed by atoms with Crippen LogP contribution in [0.1, 0.15) is 43.4 Å². The largest absolute Gasteiger partial charge is 0.373 e. The minimum atomic E-state index is -0.0969. The molecule has 1 aromatic heterocycles. The van der Waals surface area contributed by atoms with Gasteiger partial charge in [-0.1, -0.05) is 15.9 Å². The molecule has 106 valence electrons. The van der Waals surface area contributed by atoms with Gasteiger partial charge in [0, 0.05) is 4.47 Å². The van der Waals surface area contributed by atoms with Crippen LogP contribution in [0.25, 0.3) is 11.0 Å². The SMILES string of the molecule is CC(Cl)c1nc2ccc(Br)cc2n1C1CC2CCC1O2. The van der Waals surface area contributed by atoms with Crippen molar-refractivity contribution in [2.45, 2.75) is 49.8 Å². The molecule has 2 aliphatic heterocycles. The van der Waals surface area contributed by atoms with E-state index in [1.165, 1.54) is 6.42 Å². The number of fused-ring (bicyclic) bond motifs is 3. The van der Waals surface area contributed by atoms with E-state index in [9.17, 15) is 0 Å². The molecule has 2 saturated heterocycles. The Morgan fingerprint density at radius 1 is 1.45 bits per heavy atom. The van der Waals surface area contributed by atoms with E-state index >= 15 is 0 Å². The Kier molecular flexibility index (Phi) is 3.09. The molecule has 4 atom stereocenters. The molecule has 0 N–H and O–H groups in total. The molecule has 2 fully saturated rings. The number of nitrogens with zero attached hydrogens (tertiary/aromatic N) is 2. The molecule has 2 aromatic rings. The first-order valence-electron chi connectivity index (χ1n) is 7.10. The first-order chi connectivity index (χ1) is 9.63. The van der Waals surface area contributed by atoms with Crippen LogP contribution < -0.4 is 0 Å². The third-order valence-corrected chi connectivity index (χ3v) is 5.13. The Morgan fingerprint density at radius 3 is 2.95 bits per heavy atom. The average Bonchev–Trinajstić information content (AvgIpc) is 3.10. The number of hydrogen-bond donors (Lipinski definition) is 0. The molecule has 0 spiro atoms. The summed E-state index contributed by atoms with van der Waals surface area (Å²) < 4.78 is 9.41. The van der Waals surface area contributed by atoms with Crippen LogP contribution in [0.4, 0.5) is 0 Å². The quantitative estimate of drug-likeness (QED) is 0.737. The van der Waals surface area contributed by atoms with Crippen LogP contribution in [0.2, 0.25) is 0 Å². The predicted molar refractivity (Wildman–Crippen MR) is 83.3 cm³/mol. The van der Waals surface area contributed by atoms with Crippen molar-refractivity contribution in [3.8, 4) is 0 Å². The van der Waals surface area contributed by atoms with Crippen LogP contribution in [0.5, 0.6) is 0 Å². The van der Waals surface area contributed by atoms with E-state index in [-0.39, 0.29) is 5.38 Å². The molecule has 20 heavy (non-hydrogen) atoms. The lowest BCUT2D eigenvalue weighted by atomic mass is 9.95. The van der Waals surface area contributed by atoms with Crippen molar-refractivity contribution in [3.63, 3.8) is 0 Å². The Bertz CT molecular complexity index is 669. The van der Waals surface area contributed by atoms with E-state index in [4.69, 9.17) is 21.3 Å². The molecule has 0 saturated carbocycles. The molecule has 4 unspecified atom stereocenters.